The van der Waals surface area contributed by atoms with E-state index in [4.69, 9.17) is 16.7 Å². The van der Waals surface area contributed by atoms with Crippen LogP contribution in [-0.4, -0.2) is 22.6 Å². The molecule has 23 heavy (non-hydrogen) atoms. The van der Waals surface area contributed by atoms with Gasteiger partial charge in [-0.3, -0.25) is 4.79 Å². The monoisotopic (exact) mass is 352 g/mol. The molecule has 9 heteroatoms. The normalized spacial score (nSPS) is 11.9. The first-order valence-electron chi connectivity index (χ1n) is 6.58. The second kappa shape index (κ2) is 7.08. The fourth-order valence-electron chi connectivity index (χ4n) is 1.74. The molecule has 1 rings (SSSR count). The van der Waals surface area contributed by atoms with Crippen molar-refractivity contribution in [1.82, 2.24) is 5.32 Å². The summed E-state index contributed by atoms with van der Waals surface area (Å²) in [6.07, 6.45) is -4.55. The fourth-order valence-corrected chi connectivity index (χ4v) is 1.91. The van der Waals surface area contributed by atoms with E-state index in [0.717, 1.165) is 18.2 Å². The van der Waals surface area contributed by atoms with Crippen LogP contribution in [0.4, 0.5) is 23.7 Å². The van der Waals surface area contributed by atoms with E-state index >= 15 is 0 Å². The van der Waals surface area contributed by atoms with Crippen LogP contribution in [0.25, 0.3) is 0 Å². The molecule has 0 fully saturated rings. The molecule has 0 aliphatic rings. The van der Waals surface area contributed by atoms with Crippen molar-refractivity contribution in [2.75, 3.05) is 5.32 Å². The van der Waals surface area contributed by atoms with Gasteiger partial charge in [-0.1, -0.05) is 11.6 Å². The molecule has 0 radical (unpaired) electrons. The molecule has 0 aliphatic carbocycles. The quantitative estimate of drug-likeness (QED) is 0.745. The third kappa shape index (κ3) is 6.35. The Hall–Kier alpha value is -1.96. The van der Waals surface area contributed by atoms with Gasteiger partial charge in [-0.2, -0.15) is 13.2 Å². The van der Waals surface area contributed by atoms with Crippen LogP contribution < -0.4 is 10.6 Å². The number of carboxylic acids is 1. The van der Waals surface area contributed by atoms with Gasteiger partial charge in [-0.25, -0.2) is 4.79 Å². The summed E-state index contributed by atoms with van der Waals surface area (Å²) < 4.78 is 38.0. The van der Waals surface area contributed by atoms with E-state index in [-0.39, 0.29) is 23.6 Å². The standard InChI is InChI=1S/C14H16ClF3N2O3/c1-13(2,6-5-11(21)22)20-12(23)19-10-7-8(14(16,17)18)3-4-9(10)15/h3-4,7H,5-6H2,1-2H3,(H,21,22)(H2,19,20,23). The smallest absolute Gasteiger partial charge is 0.416 e. The summed E-state index contributed by atoms with van der Waals surface area (Å²) in [7, 11) is 0. The molecule has 2 amide bonds. The van der Waals surface area contributed by atoms with Crippen molar-refractivity contribution in [2.45, 2.75) is 38.4 Å². The van der Waals surface area contributed by atoms with Crippen molar-refractivity contribution in [3.8, 4) is 0 Å². The minimum absolute atomic E-state index is 0.0449. The van der Waals surface area contributed by atoms with Crippen molar-refractivity contribution in [3.05, 3.63) is 28.8 Å². The minimum atomic E-state index is -4.56. The summed E-state index contributed by atoms with van der Waals surface area (Å²) >= 11 is 5.78. The molecule has 3 N–H and O–H groups in total. The van der Waals surface area contributed by atoms with Gasteiger partial charge in [0.25, 0.3) is 0 Å². The van der Waals surface area contributed by atoms with Crippen LogP contribution in [0.3, 0.4) is 0 Å². The number of aliphatic carboxylic acids is 1. The second-order valence-electron chi connectivity index (χ2n) is 5.55. The van der Waals surface area contributed by atoms with Crippen LogP contribution in [0.15, 0.2) is 18.2 Å². The number of carbonyl (C=O) groups excluding carboxylic acids is 1. The molecule has 0 spiro atoms. The average Bonchev–Trinajstić information content (AvgIpc) is 2.37. The maximum absolute atomic E-state index is 12.7. The summed E-state index contributed by atoms with van der Waals surface area (Å²) in [5, 5.41) is 13.3. The maximum Gasteiger partial charge on any atom is 0.416 e. The Labute approximate surface area is 135 Å². The highest BCUT2D eigenvalue weighted by Crippen LogP contribution is 2.33. The second-order valence-corrected chi connectivity index (χ2v) is 5.96. The Morgan fingerprint density at radius 1 is 1.26 bits per heavy atom. The molecule has 0 aliphatic heterocycles. The molecule has 0 unspecified atom stereocenters. The highest BCUT2D eigenvalue weighted by atomic mass is 35.5. The maximum atomic E-state index is 12.7. The summed E-state index contributed by atoms with van der Waals surface area (Å²) in [4.78, 5) is 22.4. The zero-order valence-corrected chi connectivity index (χ0v) is 13.2. The zero-order valence-electron chi connectivity index (χ0n) is 12.4. The molecule has 0 aromatic heterocycles. The van der Waals surface area contributed by atoms with Gasteiger partial charge < -0.3 is 15.7 Å². The lowest BCUT2D eigenvalue weighted by Crippen LogP contribution is -2.45. The molecule has 5 nitrogen and oxygen atoms in total. The van der Waals surface area contributed by atoms with Crippen LogP contribution in [-0.2, 0) is 11.0 Å². The Bertz CT molecular complexity index is 603. The van der Waals surface area contributed by atoms with Gasteiger partial charge in [0.2, 0.25) is 0 Å². The van der Waals surface area contributed by atoms with Gasteiger partial charge in [-0.15, -0.1) is 0 Å². The molecular formula is C14H16ClF3N2O3. The van der Waals surface area contributed by atoms with E-state index in [0.29, 0.717) is 0 Å². The van der Waals surface area contributed by atoms with E-state index in [9.17, 15) is 22.8 Å². The van der Waals surface area contributed by atoms with Crippen molar-refractivity contribution < 1.29 is 27.9 Å². The Morgan fingerprint density at radius 3 is 2.39 bits per heavy atom. The van der Waals surface area contributed by atoms with Gasteiger partial charge in [0.15, 0.2) is 0 Å². The molecule has 0 bridgehead atoms. The molecule has 128 valence electrons. The Balaban J connectivity index is 2.79. The number of rotatable bonds is 5. The first kappa shape index (κ1) is 19.1. The highest BCUT2D eigenvalue weighted by Gasteiger charge is 2.31. The molecular weight excluding hydrogens is 337 g/mol. The van der Waals surface area contributed by atoms with E-state index in [1.807, 2.05) is 0 Å². The first-order chi connectivity index (χ1) is 10.4. The minimum Gasteiger partial charge on any atom is -0.481 e. The number of carbonyl (C=O) groups is 2. The van der Waals surface area contributed by atoms with Crippen molar-refractivity contribution in [3.63, 3.8) is 0 Å². The van der Waals surface area contributed by atoms with Gasteiger partial charge in [-0.05, 0) is 38.5 Å². The number of benzene rings is 1. The summed E-state index contributed by atoms with van der Waals surface area (Å²) in [5.74, 6) is -1.01. The number of anilines is 1. The molecule has 0 saturated heterocycles. The number of amides is 2. The molecule has 0 saturated carbocycles. The average molecular weight is 353 g/mol. The van der Waals surface area contributed by atoms with Crippen molar-refractivity contribution in [1.29, 1.82) is 0 Å². The van der Waals surface area contributed by atoms with Crippen LogP contribution in [0.5, 0.6) is 0 Å². The summed E-state index contributed by atoms with van der Waals surface area (Å²) in [5.41, 5.74) is -1.98. The van der Waals surface area contributed by atoms with E-state index in [2.05, 4.69) is 10.6 Å². The summed E-state index contributed by atoms with van der Waals surface area (Å²) in [6, 6.07) is 1.80. The predicted molar refractivity (Wildman–Crippen MR) is 79.6 cm³/mol. The summed E-state index contributed by atoms with van der Waals surface area (Å²) in [6.45, 7) is 3.20. The van der Waals surface area contributed by atoms with Gasteiger partial charge in [0, 0.05) is 12.0 Å². The van der Waals surface area contributed by atoms with E-state index in [1.165, 1.54) is 0 Å². The lowest BCUT2D eigenvalue weighted by atomic mass is 9.99. The highest BCUT2D eigenvalue weighted by molar-refractivity contribution is 6.33. The number of hydrogen-bond donors (Lipinski definition) is 3. The molecule has 1 aromatic carbocycles. The number of nitrogens with one attached hydrogen (secondary N) is 2. The number of urea groups is 1. The topological polar surface area (TPSA) is 78.4 Å². The van der Waals surface area contributed by atoms with Gasteiger partial charge in [0.05, 0.1) is 16.3 Å². The number of alkyl halides is 3. The third-order valence-electron chi connectivity index (χ3n) is 2.96. The van der Waals surface area contributed by atoms with Crippen molar-refractivity contribution in [2.24, 2.45) is 0 Å². The Morgan fingerprint density at radius 2 is 1.87 bits per heavy atom. The zero-order chi connectivity index (χ0) is 17.8. The lowest BCUT2D eigenvalue weighted by molar-refractivity contribution is -0.138. The van der Waals surface area contributed by atoms with Gasteiger partial charge in [0.1, 0.15) is 0 Å². The molecule has 1 aromatic rings. The van der Waals surface area contributed by atoms with Crippen LogP contribution in [0.2, 0.25) is 5.02 Å². The van der Waals surface area contributed by atoms with Crippen molar-refractivity contribution >= 4 is 29.3 Å². The van der Waals surface area contributed by atoms with Crippen LogP contribution in [0.1, 0.15) is 32.3 Å². The lowest BCUT2D eigenvalue weighted by Gasteiger charge is -2.26. The molecule has 0 atom stereocenters. The first-order valence-corrected chi connectivity index (χ1v) is 6.96. The van der Waals surface area contributed by atoms with Crippen LogP contribution >= 0.6 is 11.6 Å². The third-order valence-corrected chi connectivity index (χ3v) is 3.29. The molecule has 0 heterocycles. The SMILES string of the molecule is CC(C)(CCC(=O)O)NC(=O)Nc1cc(C(F)(F)F)ccc1Cl. The van der Waals surface area contributed by atoms with Crippen LogP contribution in [0, 0.1) is 0 Å². The Kier molecular flexibility index (Phi) is 5.87. The predicted octanol–water partition coefficient (Wildman–Crippen LogP) is 4.12. The van der Waals surface area contributed by atoms with Gasteiger partial charge >= 0.3 is 18.2 Å². The fraction of sp³-hybridized carbons (Fsp3) is 0.429. The number of carboxylic acid groups (broad SMARTS) is 1. The number of halogens is 4. The largest absolute Gasteiger partial charge is 0.481 e. The van der Waals surface area contributed by atoms with E-state index < -0.39 is 29.3 Å². The number of hydrogen-bond acceptors (Lipinski definition) is 2. The van der Waals surface area contributed by atoms with E-state index in [1.54, 1.807) is 13.8 Å².